The number of thiophene rings is 1. The summed E-state index contributed by atoms with van der Waals surface area (Å²) in [6, 6.07) is 24.7. The number of fused-ring (bicyclic) bond motifs is 1. The van der Waals surface area contributed by atoms with Crippen LogP contribution < -0.4 is 5.32 Å². The Balaban J connectivity index is 1.53. The Labute approximate surface area is 176 Å². The summed E-state index contributed by atoms with van der Waals surface area (Å²) in [4.78, 5) is 30.3. The van der Waals surface area contributed by atoms with Crippen LogP contribution in [-0.4, -0.2) is 21.4 Å². The molecule has 1 fully saturated rings. The number of hydrogen-bond acceptors (Lipinski definition) is 5. The Morgan fingerprint density at radius 1 is 0.931 bits per heavy atom. The molecule has 1 N–H and O–H groups in total. The van der Waals surface area contributed by atoms with Crippen molar-refractivity contribution in [2.75, 3.05) is 0 Å². The zero-order chi connectivity index (χ0) is 19.8. The fourth-order valence-electron chi connectivity index (χ4n) is 3.49. The highest BCUT2D eigenvalue weighted by Crippen LogP contribution is 2.35. The van der Waals surface area contributed by atoms with E-state index >= 15 is 0 Å². The number of amides is 2. The molecule has 142 valence electrons. The van der Waals surface area contributed by atoms with Crippen molar-refractivity contribution >= 4 is 45.1 Å². The number of carbonyl (C=O) groups is 2. The van der Waals surface area contributed by atoms with Gasteiger partial charge in [0, 0.05) is 16.7 Å². The maximum absolute atomic E-state index is 11.9. The van der Waals surface area contributed by atoms with Crippen LogP contribution in [0.5, 0.6) is 0 Å². The van der Waals surface area contributed by atoms with Gasteiger partial charge in [0.05, 0.1) is 21.3 Å². The van der Waals surface area contributed by atoms with Gasteiger partial charge in [0.1, 0.15) is 0 Å². The number of aromatic nitrogens is 1. The van der Waals surface area contributed by atoms with Gasteiger partial charge in [0.25, 0.3) is 5.24 Å². The zero-order valence-electron chi connectivity index (χ0n) is 15.3. The lowest BCUT2D eigenvalue weighted by Crippen LogP contribution is -2.25. The number of nitrogens with zero attached hydrogens (tertiary/aromatic N) is 1. The number of hydrogen-bond donors (Lipinski definition) is 1. The minimum atomic E-state index is -0.349. The lowest BCUT2D eigenvalue weighted by molar-refractivity contribution is -0.118. The topological polar surface area (TPSA) is 59.1 Å². The molecular formula is C23H16N2O2S2. The number of nitrogens with one attached hydrogen (secondary N) is 1. The van der Waals surface area contributed by atoms with Crippen LogP contribution in [0.3, 0.4) is 0 Å². The van der Waals surface area contributed by atoms with E-state index in [1.54, 1.807) is 11.3 Å². The van der Waals surface area contributed by atoms with Crippen molar-refractivity contribution in [1.82, 2.24) is 10.3 Å². The van der Waals surface area contributed by atoms with E-state index in [4.69, 9.17) is 4.98 Å². The van der Waals surface area contributed by atoms with E-state index in [1.165, 1.54) is 0 Å². The highest BCUT2D eigenvalue weighted by molar-refractivity contribution is 8.15. The average Bonchev–Trinajstić information content (AvgIpc) is 3.34. The van der Waals surface area contributed by atoms with Gasteiger partial charge in [-0.1, -0.05) is 60.3 Å². The second kappa shape index (κ2) is 7.46. The summed E-state index contributed by atoms with van der Waals surface area (Å²) in [6.07, 6.45) is 0.548. The van der Waals surface area contributed by atoms with Crippen LogP contribution >= 0.6 is 23.1 Å². The first-order valence-electron chi connectivity index (χ1n) is 9.23. The molecule has 1 atom stereocenters. The summed E-state index contributed by atoms with van der Waals surface area (Å²) in [5.74, 6) is -0.204. The SMILES string of the molecule is O=C1NC(=O)C(Cc2ccc(-c3cc(-c4ccccc4)c4ccccc4n3)s2)S1. The van der Waals surface area contributed by atoms with Crippen molar-refractivity contribution in [3.63, 3.8) is 0 Å². The van der Waals surface area contributed by atoms with Crippen LogP contribution in [-0.2, 0) is 11.2 Å². The van der Waals surface area contributed by atoms with E-state index < -0.39 is 0 Å². The number of pyridine rings is 1. The first-order valence-corrected chi connectivity index (χ1v) is 10.9. The van der Waals surface area contributed by atoms with Crippen LogP contribution in [0, 0.1) is 0 Å². The third kappa shape index (κ3) is 3.57. The Hall–Kier alpha value is -2.96. The molecule has 5 rings (SSSR count). The molecular weight excluding hydrogens is 400 g/mol. The first kappa shape index (κ1) is 18.1. The van der Waals surface area contributed by atoms with E-state index in [9.17, 15) is 9.59 Å². The summed E-state index contributed by atoms with van der Waals surface area (Å²) in [5, 5.41) is 2.86. The number of thioether (sulfide) groups is 1. The molecule has 1 unspecified atom stereocenters. The fraction of sp³-hybridized carbons (Fsp3) is 0.0870. The lowest BCUT2D eigenvalue weighted by atomic mass is 10.00. The maximum Gasteiger partial charge on any atom is 0.286 e. The van der Waals surface area contributed by atoms with Gasteiger partial charge in [0.2, 0.25) is 5.91 Å². The van der Waals surface area contributed by atoms with E-state index in [0.29, 0.717) is 6.42 Å². The standard InChI is InChI=1S/C23H16N2O2S2/c26-22-21(29-23(27)25-22)12-15-10-11-20(28-15)19-13-17(14-6-2-1-3-7-14)16-8-4-5-9-18(16)24-19/h1-11,13,21H,12H2,(H,25,26,27). The van der Waals surface area contributed by atoms with Crippen molar-refractivity contribution in [3.05, 3.63) is 77.7 Å². The predicted octanol–water partition coefficient (Wildman–Crippen LogP) is 5.52. The number of para-hydroxylation sites is 1. The average molecular weight is 417 g/mol. The third-order valence-electron chi connectivity index (χ3n) is 4.87. The molecule has 4 nitrogen and oxygen atoms in total. The predicted molar refractivity (Wildman–Crippen MR) is 119 cm³/mol. The summed E-state index contributed by atoms with van der Waals surface area (Å²) in [7, 11) is 0. The normalized spacial score (nSPS) is 16.3. The monoisotopic (exact) mass is 416 g/mol. The first-order chi connectivity index (χ1) is 14.2. The van der Waals surface area contributed by atoms with Gasteiger partial charge in [-0.25, -0.2) is 4.98 Å². The number of carbonyl (C=O) groups excluding carboxylic acids is 2. The number of benzene rings is 2. The molecule has 0 aliphatic carbocycles. The van der Waals surface area contributed by atoms with Gasteiger partial charge in [-0.3, -0.25) is 14.9 Å². The molecule has 4 aromatic rings. The van der Waals surface area contributed by atoms with Gasteiger partial charge in [-0.05, 0) is 35.4 Å². The van der Waals surface area contributed by atoms with E-state index in [-0.39, 0.29) is 16.4 Å². The molecule has 2 aromatic heterocycles. The molecule has 0 bridgehead atoms. The minimum absolute atomic E-state index is 0.204. The molecule has 1 saturated heterocycles. The van der Waals surface area contributed by atoms with Crippen molar-refractivity contribution in [1.29, 1.82) is 0 Å². The van der Waals surface area contributed by atoms with Crippen LogP contribution in [0.25, 0.3) is 32.6 Å². The molecule has 1 aliphatic rings. The van der Waals surface area contributed by atoms with Crippen LogP contribution in [0.2, 0.25) is 0 Å². The molecule has 1 aliphatic heterocycles. The van der Waals surface area contributed by atoms with Crippen LogP contribution in [0.4, 0.5) is 4.79 Å². The van der Waals surface area contributed by atoms with E-state index in [0.717, 1.165) is 49.2 Å². The third-order valence-corrected chi connectivity index (χ3v) is 6.98. The molecule has 6 heteroatoms. The Kier molecular flexibility index (Phi) is 4.66. The number of imide groups is 1. The maximum atomic E-state index is 11.9. The number of rotatable bonds is 4. The summed E-state index contributed by atoms with van der Waals surface area (Å²) >= 11 is 2.69. The second-order valence-corrected chi connectivity index (χ2v) is 9.14. The fourth-order valence-corrected chi connectivity index (χ4v) is 5.46. The molecule has 0 saturated carbocycles. The van der Waals surface area contributed by atoms with E-state index in [2.05, 4.69) is 29.6 Å². The van der Waals surface area contributed by atoms with Gasteiger partial charge in [0.15, 0.2) is 0 Å². The Bertz CT molecular complexity index is 1230. The van der Waals surface area contributed by atoms with Crippen molar-refractivity contribution in [3.8, 4) is 21.7 Å². The highest BCUT2D eigenvalue weighted by Gasteiger charge is 2.31. The van der Waals surface area contributed by atoms with E-state index in [1.807, 2.05) is 48.5 Å². The summed E-state index contributed by atoms with van der Waals surface area (Å²) in [5.41, 5.74) is 4.17. The molecule has 0 radical (unpaired) electrons. The van der Waals surface area contributed by atoms with Crippen LogP contribution in [0.1, 0.15) is 4.88 Å². The Morgan fingerprint density at radius 2 is 1.72 bits per heavy atom. The molecule has 2 aromatic carbocycles. The van der Waals surface area contributed by atoms with Gasteiger partial charge in [-0.15, -0.1) is 11.3 Å². The lowest BCUT2D eigenvalue weighted by Gasteiger charge is -2.09. The summed E-state index contributed by atoms with van der Waals surface area (Å²) in [6.45, 7) is 0. The quantitative estimate of drug-likeness (QED) is 0.476. The molecule has 0 spiro atoms. The van der Waals surface area contributed by atoms with Crippen molar-refractivity contribution in [2.24, 2.45) is 0 Å². The minimum Gasteiger partial charge on any atom is -0.286 e. The molecule has 3 heterocycles. The second-order valence-electron chi connectivity index (χ2n) is 6.79. The van der Waals surface area contributed by atoms with Gasteiger partial charge in [-0.2, -0.15) is 0 Å². The van der Waals surface area contributed by atoms with Gasteiger partial charge < -0.3 is 0 Å². The molecule has 29 heavy (non-hydrogen) atoms. The Morgan fingerprint density at radius 3 is 2.52 bits per heavy atom. The molecule has 2 amide bonds. The van der Waals surface area contributed by atoms with Crippen molar-refractivity contribution in [2.45, 2.75) is 11.7 Å². The van der Waals surface area contributed by atoms with Crippen LogP contribution in [0.15, 0.2) is 72.8 Å². The summed E-state index contributed by atoms with van der Waals surface area (Å²) < 4.78 is 0. The zero-order valence-corrected chi connectivity index (χ0v) is 16.9. The highest BCUT2D eigenvalue weighted by atomic mass is 32.2. The smallest absolute Gasteiger partial charge is 0.286 e. The largest absolute Gasteiger partial charge is 0.286 e. The van der Waals surface area contributed by atoms with Crippen molar-refractivity contribution < 1.29 is 9.59 Å². The van der Waals surface area contributed by atoms with Gasteiger partial charge >= 0.3 is 0 Å².